The fourth-order valence-electron chi connectivity index (χ4n) is 4.18. The van der Waals surface area contributed by atoms with E-state index in [1.807, 2.05) is 13.1 Å². The second-order valence-corrected chi connectivity index (χ2v) is 7.51. The van der Waals surface area contributed by atoms with E-state index in [9.17, 15) is 5.11 Å². The number of H-pyrrole nitrogens is 1. The van der Waals surface area contributed by atoms with Gasteiger partial charge in [-0.15, -0.1) is 0 Å². The van der Waals surface area contributed by atoms with Gasteiger partial charge in [0.05, 0.1) is 12.0 Å². The first-order chi connectivity index (χ1) is 12.7. The normalized spacial score (nSPS) is 21.5. The smallest absolute Gasteiger partial charge is 0.135 e. The second-order valence-electron chi connectivity index (χ2n) is 7.51. The van der Waals surface area contributed by atoms with Crippen LogP contribution in [0.1, 0.15) is 35.6 Å². The molecule has 2 aromatic heterocycles. The van der Waals surface area contributed by atoms with Crippen molar-refractivity contribution >= 4 is 5.82 Å². The molecule has 0 aromatic carbocycles. The van der Waals surface area contributed by atoms with Crippen molar-refractivity contribution in [1.82, 2.24) is 24.8 Å². The maximum atomic E-state index is 9.58. The molecule has 4 rings (SSSR count). The third-order valence-electron chi connectivity index (χ3n) is 5.55. The molecule has 7 nitrogen and oxygen atoms in total. The summed E-state index contributed by atoms with van der Waals surface area (Å²) in [6, 6.07) is 0. The van der Waals surface area contributed by atoms with Crippen LogP contribution >= 0.6 is 0 Å². The summed E-state index contributed by atoms with van der Waals surface area (Å²) < 4.78 is 0. The molecular formula is C19H28N6O. The average molecular weight is 356 g/mol. The van der Waals surface area contributed by atoms with E-state index in [0.717, 1.165) is 75.7 Å². The Morgan fingerprint density at radius 2 is 2.12 bits per heavy atom. The number of hydrogen-bond acceptors (Lipinski definition) is 6. The number of anilines is 1. The molecule has 140 valence electrons. The Bertz CT molecular complexity index is 732. The van der Waals surface area contributed by atoms with Gasteiger partial charge in [0.25, 0.3) is 0 Å². The van der Waals surface area contributed by atoms with Gasteiger partial charge in [-0.1, -0.05) is 0 Å². The molecule has 0 aliphatic carbocycles. The minimum absolute atomic E-state index is 0.265. The van der Waals surface area contributed by atoms with Gasteiger partial charge in [-0.05, 0) is 32.1 Å². The second kappa shape index (κ2) is 7.72. The van der Waals surface area contributed by atoms with Gasteiger partial charge < -0.3 is 15.0 Å². The molecule has 0 spiro atoms. The number of rotatable bonds is 4. The zero-order valence-corrected chi connectivity index (χ0v) is 15.5. The van der Waals surface area contributed by atoms with Crippen LogP contribution in [-0.2, 0) is 19.4 Å². The molecule has 0 bridgehead atoms. The molecule has 2 aliphatic heterocycles. The van der Waals surface area contributed by atoms with Crippen molar-refractivity contribution in [3.8, 4) is 0 Å². The van der Waals surface area contributed by atoms with Crippen molar-refractivity contribution in [3.63, 3.8) is 0 Å². The van der Waals surface area contributed by atoms with Gasteiger partial charge in [-0.25, -0.2) is 15.0 Å². The van der Waals surface area contributed by atoms with Gasteiger partial charge in [0.15, 0.2) is 0 Å². The maximum absolute atomic E-state index is 9.58. The van der Waals surface area contributed by atoms with Crippen molar-refractivity contribution in [2.24, 2.45) is 5.92 Å². The molecule has 2 aliphatic rings. The number of nitrogens with one attached hydrogen (secondary N) is 1. The number of aromatic amines is 1. The zero-order valence-electron chi connectivity index (χ0n) is 15.5. The van der Waals surface area contributed by atoms with E-state index in [0.29, 0.717) is 5.92 Å². The highest BCUT2D eigenvalue weighted by Gasteiger charge is 2.26. The summed E-state index contributed by atoms with van der Waals surface area (Å²) in [5, 5.41) is 9.58. The quantitative estimate of drug-likeness (QED) is 0.860. The topological polar surface area (TPSA) is 81.2 Å². The molecule has 2 N–H and O–H groups in total. The Kier molecular flexibility index (Phi) is 5.17. The van der Waals surface area contributed by atoms with Crippen LogP contribution < -0.4 is 4.90 Å². The SMILES string of the molecule is Cc1nc2c(c(N3CCC[C@@H](CO)C3)n1)CCN(Cc1cnc[nH]1)CC2. The van der Waals surface area contributed by atoms with E-state index < -0.39 is 0 Å². The summed E-state index contributed by atoms with van der Waals surface area (Å²) in [5.74, 6) is 2.32. The van der Waals surface area contributed by atoms with Crippen LogP contribution in [0.2, 0.25) is 0 Å². The van der Waals surface area contributed by atoms with Crippen LogP contribution in [-0.4, -0.2) is 62.7 Å². The molecule has 0 unspecified atom stereocenters. The number of piperidine rings is 1. The van der Waals surface area contributed by atoms with Crippen molar-refractivity contribution in [2.75, 3.05) is 37.7 Å². The average Bonchev–Trinajstić information content (AvgIpc) is 3.09. The Hall–Kier alpha value is -1.99. The van der Waals surface area contributed by atoms with E-state index in [2.05, 4.69) is 19.8 Å². The van der Waals surface area contributed by atoms with E-state index in [1.54, 1.807) is 6.33 Å². The summed E-state index contributed by atoms with van der Waals surface area (Å²) in [7, 11) is 0. The van der Waals surface area contributed by atoms with Gasteiger partial charge >= 0.3 is 0 Å². The molecule has 1 atom stereocenters. The monoisotopic (exact) mass is 356 g/mol. The minimum Gasteiger partial charge on any atom is -0.396 e. The molecule has 1 fully saturated rings. The maximum Gasteiger partial charge on any atom is 0.135 e. The van der Waals surface area contributed by atoms with Gasteiger partial charge in [0, 0.05) is 63.2 Å². The van der Waals surface area contributed by atoms with Gasteiger partial charge in [-0.3, -0.25) is 4.90 Å². The van der Waals surface area contributed by atoms with Crippen LogP contribution in [0.3, 0.4) is 0 Å². The molecule has 0 saturated carbocycles. The minimum atomic E-state index is 0.265. The van der Waals surface area contributed by atoms with Crippen molar-refractivity contribution in [2.45, 2.75) is 39.2 Å². The zero-order chi connectivity index (χ0) is 17.9. The molecule has 4 heterocycles. The number of nitrogens with zero attached hydrogens (tertiary/aromatic N) is 5. The number of aliphatic hydroxyl groups excluding tert-OH is 1. The van der Waals surface area contributed by atoms with Crippen LogP contribution in [0.15, 0.2) is 12.5 Å². The predicted octanol–water partition coefficient (Wildman–Crippen LogP) is 1.32. The standard InChI is InChI=1S/C19H28N6O/c1-14-22-18-5-8-24(11-16-9-20-13-21-16)7-4-17(18)19(23-14)25-6-2-3-15(10-25)12-26/h9,13,15,26H,2-8,10-12H2,1H3,(H,20,21)/t15-/m1/s1. The first-order valence-corrected chi connectivity index (χ1v) is 9.64. The molecule has 2 aromatic rings. The summed E-state index contributed by atoms with van der Waals surface area (Å²) in [5.41, 5.74) is 3.66. The van der Waals surface area contributed by atoms with Gasteiger partial charge in [-0.2, -0.15) is 0 Å². The number of aromatic nitrogens is 4. The van der Waals surface area contributed by atoms with Crippen LogP contribution in [0, 0.1) is 12.8 Å². The molecule has 0 radical (unpaired) electrons. The van der Waals surface area contributed by atoms with Crippen LogP contribution in [0.5, 0.6) is 0 Å². The first kappa shape index (κ1) is 17.4. The van der Waals surface area contributed by atoms with E-state index in [1.165, 1.54) is 11.3 Å². The number of imidazole rings is 1. The van der Waals surface area contributed by atoms with Crippen LogP contribution in [0.25, 0.3) is 0 Å². The van der Waals surface area contributed by atoms with Crippen molar-refractivity contribution in [3.05, 3.63) is 35.3 Å². The third kappa shape index (κ3) is 3.73. The Labute approximate surface area is 154 Å². The Balaban J connectivity index is 1.55. The summed E-state index contributed by atoms with van der Waals surface area (Å²) in [6.07, 6.45) is 7.79. The molecular weight excluding hydrogens is 328 g/mol. The number of fused-ring (bicyclic) bond motifs is 1. The molecule has 1 saturated heterocycles. The lowest BCUT2D eigenvalue weighted by Gasteiger charge is -2.34. The fraction of sp³-hybridized carbons (Fsp3) is 0.632. The van der Waals surface area contributed by atoms with Crippen molar-refractivity contribution < 1.29 is 5.11 Å². The molecule has 26 heavy (non-hydrogen) atoms. The van der Waals surface area contributed by atoms with E-state index in [-0.39, 0.29) is 6.61 Å². The highest BCUT2D eigenvalue weighted by atomic mass is 16.3. The summed E-state index contributed by atoms with van der Waals surface area (Å²) in [6.45, 7) is 7.08. The number of aliphatic hydroxyl groups is 1. The Morgan fingerprint density at radius 1 is 1.23 bits per heavy atom. The highest BCUT2D eigenvalue weighted by Crippen LogP contribution is 2.28. The summed E-state index contributed by atoms with van der Waals surface area (Å²) in [4.78, 5) is 21.7. The first-order valence-electron chi connectivity index (χ1n) is 9.64. The third-order valence-corrected chi connectivity index (χ3v) is 5.55. The predicted molar refractivity (Wildman–Crippen MR) is 100 cm³/mol. The van der Waals surface area contributed by atoms with Gasteiger partial charge in [0.1, 0.15) is 11.6 Å². The Morgan fingerprint density at radius 3 is 2.92 bits per heavy atom. The fourth-order valence-corrected chi connectivity index (χ4v) is 4.18. The lowest BCUT2D eigenvalue weighted by Crippen LogP contribution is -2.38. The van der Waals surface area contributed by atoms with E-state index >= 15 is 0 Å². The number of aryl methyl sites for hydroxylation is 1. The highest BCUT2D eigenvalue weighted by molar-refractivity contribution is 5.50. The van der Waals surface area contributed by atoms with E-state index in [4.69, 9.17) is 9.97 Å². The molecule has 0 amide bonds. The van der Waals surface area contributed by atoms with Crippen LogP contribution in [0.4, 0.5) is 5.82 Å². The molecule has 7 heteroatoms. The summed E-state index contributed by atoms with van der Waals surface area (Å²) >= 11 is 0. The lowest BCUT2D eigenvalue weighted by atomic mass is 9.98. The largest absolute Gasteiger partial charge is 0.396 e. The van der Waals surface area contributed by atoms with Crippen molar-refractivity contribution in [1.29, 1.82) is 0 Å². The number of hydrogen-bond donors (Lipinski definition) is 2. The lowest BCUT2D eigenvalue weighted by molar-refractivity contribution is 0.208. The van der Waals surface area contributed by atoms with Gasteiger partial charge in [0.2, 0.25) is 0 Å².